The third kappa shape index (κ3) is 3.57. The minimum absolute atomic E-state index is 0.143. The summed E-state index contributed by atoms with van der Waals surface area (Å²) < 4.78 is 11.2. The minimum atomic E-state index is 0.143. The van der Waals surface area contributed by atoms with E-state index in [1.165, 1.54) is 5.69 Å². The van der Waals surface area contributed by atoms with Crippen LogP contribution in [0.4, 0.5) is 5.69 Å². The monoisotopic (exact) mass is 362 g/mol. The summed E-state index contributed by atoms with van der Waals surface area (Å²) in [7, 11) is 0. The molecule has 0 amide bonds. The Morgan fingerprint density at radius 2 is 1.52 bits per heavy atom. The van der Waals surface area contributed by atoms with Crippen LogP contribution in [0.3, 0.4) is 0 Å². The molecule has 0 unspecified atom stereocenters. The second-order valence-electron chi connectivity index (χ2n) is 6.45. The van der Waals surface area contributed by atoms with Crippen LogP contribution in [0.2, 0.25) is 0 Å². The van der Waals surface area contributed by atoms with Crippen molar-refractivity contribution in [3.05, 3.63) is 30.3 Å². The molecule has 4 rings (SSSR count). The fourth-order valence-corrected chi connectivity index (χ4v) is 4.42. The zero-order chi connectivity index (χ0) is 17.1. The first kappa shape index (κ1) is 17.3. The number of aliphatic imine (C=N–C) groups is 1. The Hall–Kier alpha value is -1.12. The molecule has 2 atom stereocenters. The molecule has 1 aromatic rings. The number of para-hydroxylation sites is 1. The quantitative estimate of drug-likeness (QED) is 0.812. The molecule has 25 heavy (non-hydrogen) atoms. The first-order valence-electron chi connectivity index (χ1n) is 8.98. The number of nitrogens with zero attached hydrogens (tertiary/aromatic N) is 4. The molecule has 1 aromatic carbocycles. The first-order chi connectivity index (χ1) is 12.4. The number of ether oxygens (including phenoxy) is 2. The fraction of sp³-hybridized carbons (Fsp3) is 0.611. The molecule has 2 fully saturated rings. The van der Waals surface area contributed by atoms with Gasteiger partial charge in [0, 0.05) is 31.9 Å². The molecule has 3 aliphatic rings. The number of morpholine rings is 2. The van der Waals surface area contributed by atoms with Gasteiger partial charge in [-0.25, -0.2) is 4.99 Å². The van der Waals surface area contributed by atoms with Gasteiger partial charge in [0.2, 0.25) is 0 Å². The highest BCUT2D eigenvalue weighted by Gasteiger charge is 2.44. The van der Waals surface area contributed by atoms with Gasteiger partial charge in [-0.2, -0.15) is 0 Å². The number of thioether (sulfide) groups is 1. The normalized spacial score (nSPS) is 29.0. The molecule has 2 saturated heterocycles. The van der Waals surface area contributed by atoms with E-state index in [2.05, 4.69) is 51.3 Å². The molecule has 0 bridgehead atoms. The molecule has 0 radical (unpaired) electrons. The van der Waals surface area contributed by atoms with Crippen LogP contribution in [0.1, 0.15) is 0 Å². The van der Waals surface area contributed by atoms with Gasteiger partial charge < -0.3 is 14.4 Å². The van der Waals surface area contributed by atoms with E-state index in [4.69, 9.17) is 14.5 Å². The molecule has 0 saturated carbocycles. The standard InChI is InChI=1S/C18H26N4O2S/c1-25-18-19-16(20-7-11-23-12-8-20)17(21-9-13-24-14-10-21)22(18)15-5-3-2-4-6-15/h2-6,16-17H,7-14H2,1H3/t16-,17+/m0/s1. The lowest BCUT2D eigenvalue weighted by Gasteiger charge is -2.43. The summed E-state index contributed by atoms with van der Waals surface area (Å²) in [6, 6.07) is 10.6. The lowest BCUT2D eigenvalue weighted by molar-refractivity contribution is -0.0273. The van der Waals surface area contributed by atoms with Crippen molar-refractivity contribution in [3.8, 4) is 0 Å². The summed E-state index contributed by atoms with van der Waals surface area (Å²) in [4.78, 5) is 12.6. The van der Waals surface area contributed by atoms with Gasteiger partial charge in [0.1, 0.15) is 12.3 Å². The van der Waals surface area contributed by atoms with E-state index in [0.717, 1.165) is 57.8 Å². The Kier molecular flexibility index (Phi) is 5.57. The topological polar surface area (TPSA) is 40.5 Å². The van der Waals surface area contributed by atoms with E-state index in [0.29, 0.717) is 0 Å². The van der Waals surface area contributed by atoms with Gasteiger partial charge in [0.15, 0.2) is 5.17 Å². The summed E-state index contributed by atoms with van der Waals surface area (Å²) in [6.07, 6.45) is 2.48. The summed E-state index contributed by atoms with van der Waals surface area (Å²) >= 11 is 1.73. The van der Waals surface area contributed by atoms with E-state index in [-0.39, 0.29) is 12.3 Å². The van der Waals surface area contributed by atoms with Gasteiger partial charge >= 0.3 is 0 Å². The Morgan fingerprint density at radius 1 is 0.920 bits per heavy atom. The summed E-state index contributed by atoms with van der Waals surface area (Å²) in [5.41, 5.74) is 1.21. The van der Waals surface area contributed by atoms with Crippen molar-refractivity contribution < 1.29 is 9.47 Å². The maximum Gasteiger partial charge on any atom is 0.166 e. The molecule has 0 aromatic heterocycles. The largest absolute Gasteiger partial charge is 0.379 e. The highest BCUT2D eigenvalue weighted by molar-refractivity contribution is 8.13. The van der Waals surface area contributed by atoms with Crippen molar-refractivity contribution >= 4 is 22.6 Å². The smallest absolute Gasteiger partial charge is 0.166 e. The zero-order valence-electron chi connectivity index (χ0n) is 14.7. The summed E-state index contributed by atoms with van der Waals surface area (Å²) in [5, 5.41) is 1.10. The van der Waals surface area contributed by atoms with E-state index >= 15 is 0 Å². The molecule has 0 N–H and O–H groups in total. The van der Waals surface area contributed by atoms with Gasteiger partial charge in [-0.15, -0.1) is 0 Å². The number of amidine groups is 1. The minimum Gasteiger partial charge on any atom is -0.379 e. The van der Waals surface area contributed by atoms with Gasteiger partial charge in [-0.3, -0.25) is 9.80 Å². The third-order valence-corrected chi connectivity index (χ3v) is 5.70. The van der Waals surface area contributed by atoms with E-state index in [1.54, 1.807) is 11.8 Å². The van der Waals surface area contributed by atoms with Crippen LogP contribution in [0, 0.1) is 0 Å². The average Bonchev–Trinajstić information content (AvgIpc) is 3.10. The van der Waals surface area contributed by atoms with Crippen LogP contribution < -0.4 is 4.90 Å². The van der Waals surface area contributed by atoms with Crippen molar-refractivity contribution in [1.29, 1.82) is 0 Å². The van der Waals surface area contributed by atoms with Crippen LogP contribution in [-0.4, -0.2) is 86.2 Å². The van der Waals surface area contributed by atoms with E-state index in [1.807, 2.05) is 0 Å². The molecule has 3 aliphatic heterocycles. The highest BCUT2D eigenvalue weighted by atomic mass is 32.2. The molecule has 6 nitrogen and oxygen atoms in total. The second kappa shape index (κ2) is 8.05. The summed E-state index contributed by atoms with van der Waals surface area (Å²) in [5.74, 6) is 0. The van der Waals surface area contributed by atoms with Crippen molar-refractivity contribution in [3.63, 3.8) is 0 Å². The van der Waals surface area contributed by atoms with Crippen molar-refractivity contribution in [2.45, 2.75) is 12.3 Å². The van der Waals surface area contributed by atoms with Crippen LogP contribution in [0.25, 0.3) is 0 Å². The zero-order valence-corrected chi connectivity index (χ0v) is 15.5. The van der Waals surface area contributed by atoms with Crippen LogP contribution in [-0.2, 0) is 9.47 Å². The Labute approximate surface area is 153 Å². The predicted molar refractivity (Wildman–Crippen MR) is 102 cm³/mol. The summed E-state index contributed by atoms with van der Waals surface area (Å²) in [6.45, 7) is 6.97. The SMILES string of the molecule is CSC1=N[C@@H](N2CCOCC2)[C@H](N2CCOCC2)N1c1ccccc1. The highest BCUT2D eigenvalue weighted by Crippen LogP contribution is 2.33. The van der Waals surface area contributed by atoms with Crippen LogP contribution >= 0.6 is 11.8 Å². The van der Waals surface area contributed by atoms with E-state index in [9.17, 15) is 0 Å². The van der Waals surface area contributed by atoms with Gasteiger partial charge in [0.25, 0.3) is 0 Å². The molecule has 0 aliphatic carbocycles. The molecular formula is C18H26N4O2S. The van der Waals surface area contributed by atoms with E-state index < -0.39 is 0 Å². The van der Waals surface area contributed by atoms with Crippen molar-refractivity contribution in [2.24, 2.45) is 4.99 Å². The number of benzene rings is 1. The number of rotatable bonds is 3. The maximum atomic E-state index is 5.60. The number of anilines is 1. The lowest BCUT2D eigenvalue weighted by atomic mass is 10.2. The number of hydrogen-bond donors (Lipinski definition) is 0. The van der Waals surface area contributed by atoms with Crippen LogP contribution in [0.15, 0.2) is 35.3 Å². The Balaban J connectivity index is 1.68. The molecule has 3 heterocycles. The Bertz CT molecular complexity index is 588. The predicted octanol–water partition coefficient (Wildman–Crippen LogP) is 1.54. The van der Waals surface area contributed by atoms with Gasteiger partial charge in [-0.05, 0) is 18.4 Å². The third-order valence-electron chi connectivity index (χ3n) is 5.04. The van der Waals surface area contributed by atoms with Gasteiger partial charge in [0.05, 0.1) is 26.4 Å². The lowest BCUT2D eigenvalue weighted by Crippen LogP contribution is -2.60. The molecule has 7 heteroatoms. The average molecular weight is 362 g/mol. The molecular weight excluding hydrogens is 336 g/mol. The molecule has 136 valence electrons. The molecule has 0 spiro atoms. The van der Waals surface area contributed by atoms with Gasteiger partial charge in [-0.1, -0.05) is 30.0 Å². The van der Waals surface area contributed by atoms with Crippen LogP contribution in [0.5, 0.6) is 0 Å². The van der Waals surface area contributed by atoms with Crippen molar-refractivity contribution in [2.75, 3.05) is 63.8 Å². The van der Waals surface area contributed by atoms with Crippen molar-refractivity contribution in [1.82, 2.24) is 9.80 Å². The number of hydrogen-bond acceptors (Lipinski definition) is 7. The first-order valence-corrected chi connectivity index (χ1v) is 10.2. The Morgan fingerprint density at radius 3 is 2.12 bits per heavy atom. The second-order valence-corrected chi connectivity index (χ2v) is 7.22. The fourth-order valence-electron chi connectivity index (χ4n) is 3.80. The maximum absolute atomic E-state index is 5.60.